The van der Waals surface area contributed by atoms with Crippen LogP contribution >= 0.6 is 0 Å². The third-order valence-corrected chi connectivity index (χ3v) is 4.64. The van der Waals surface area contributed by atoms with Crippen LogP contribution in [0.1, 0.15) is 11.1 Å². The van der Waals surface area contributed by atoms with E-state index in [0.717, 1.165) is 0 Å². The lowest BCUT2D eigenvalue weighted by Crippen LogP contribution is -1.86. The number of aryl methyl sites for hydroxylation is 2. The predicted molar refractivity (Wildman–Crippen MR) is 96.4 cm³/mol. The van der Waals surface area contributed by atoms with E-state index in [1.54, 1.807) is 0 Å². The summed E-state index contributed by atoms with van der Waals surface area (Å²) in [5, 5.41) is 5.36. The fraction of sp³-hybridized carbons (Fsp3) is 0.0909. The second-order valence-corrected chi connectivity index (χ2v) is 5.97. The van der Waals surface area contributed by atoms with Gasteiger partial charge >= 0.3 is 0 Å². The van der Waals surface area contributed by atoms with Crippen molar-refractivity contribution in [1.82, 2.24) is 0 Å². The number of hydrogen-bond acceptors (Lipinski definition) is 0. The minimum absolute atomic E-state index is 1.27. The van der Waals surface area contributed by atoms with E-state index >= 15 is 0 Å². The molecule has 4 aromatic rings. The topological polar surface area (TPSA) is 0 Å². The number of benzene rings is 4. The summed E-state index contributed by atoms with van der Waals surface area (Å²) in [5.74, 6) is 0. The molecular formula is C22H18. The van der Waals surface area contributed by atoms with Crippen LogP contribution < -0.4 is 0 Å². The lowest BCUT2D eigenvalue weighted by atomic mass is 9.93. The molecule has 0 N–H and O–H groups in total. The highest BCUT2D eigenvalue weighted by molar-refractivity contribution is 6.10. The molecule has 0 nitrogen and oxygen atoms in total. The molecule has 0 radical (unpaired) electrons. The van der Waals surface area contributed by atoms with Gasteiger partial charge in [0.2, 0.25) is 0 Å². The van der Waals surface area contributed by atoms with Crippen LogP contribution in [0.25, 0.3) is 32.7 Å². The monoisotopic (exact) mass is 282 g/mol. The first-order chi connectivity index (χ1) is 10.7. The highest BCUT2D eigenvalue weighted by Gasteiger charge is 2.06. The van der Waals surface area contributed by atoms with E-state index < -0.39 is 0 Å². The molecule has 0 unspecified atom stereocenters. The van der Waals surface area contributed by atoms with E-state index in [9.17, 15) is 0 Å². The maximum Gasteiger partial charge on any atom is -0.00735 e. The Bertz CT molecular complexity index is 979. The molecule has 0 spiro atoms. The molecule has 4 rings (SSSR count). The summed E-state index contributed by atoms with van der Waals surface area (Å²) in [7, 11) is 0. The summed E-state index contributed by atoms with van der Waals surface area (Å²) >= 11 is 0. The van der Waals surface area contributed by atoms with Crippen molar-refractivity contribution >= 4 is 21.5 Å². The second-order valence-electron chi connectivity index (χ2n) is 5.97. The van der Waals surface area contributed by atoms with Crippen molar-refractivity contribution in [3.05, 3.63) is 83.9 Å². The highest BCUT2D eigenvalue weighted by atomic mass is 14.1. The summed E-state index contributed by atoms with van der Waals surface area (Å²) in [4.78, 5) is 0. The summed E-state index contributed by atoms with van der Waals surface area (Å²) < 4.78 is 0. The van der Waals surface area contributed by atoms with Gasteiger partial charge in [0.25, 0.3) is 0 Å². The van der Waals surface area contributed by atoms with E-state index in [-0.39, 0.29) is 0 Å². The zero-order valence-electron chi connectivity index (χ0n) is 12.9. The van der Waals surface area contributed by atoms with Crippen molar-refractivity contribution in [2.45, 2.75) is 13.8 Å². The van der Waals surface area contributed by atoms with E-state index in [1.165, 1.54) is 43.8 Å². The molecular weight excluding hydrogens is 264 g/mol. The number of hydrogen-bond donors (Lipinski definition) is 0. The minimum atomic E-state index is 1.27. The van der Waals surface area contributed by atoms with Gasteiger partial charge in [0.1, 0.15) is 0 Å². The van der Waals surface area contributed by atoms with Gasteiger partial charge in [-0.2, -0.15) is 0 Å². The third kappa shape index (κ3) is 2.00. The first-order valence-electron chi connectivity index (χ1n) is 7.72. The van der Waals surface area contributed by atoms with Gasteiger partial charge in [-0.05, 0) is 63.7 Å². The molecule has 4 aromatic carbocycles. The summed E-state index contributed by atoms with van der Waals surface area (Å²) in [6.45, 7) is 4.41. The van der Waals surface area contributed by atoms with Crippen molar-refractivity contribution in [3.8, 4) is 11.1 Å². The molecule has 106 valence electrons. The molecule has 0 atom stereocenters. The van der Waals surface area contributed by atoms with Gasteiger partial charge in [0.05, 0.1) is 0 Å². The van der Waals surface area contributed by atoms with Gasteiger partial charge in [0, 0.05) is 0 Å². The fourth-order valence-electron chi connectivity index (χ4n) is 3.25. The molecule has 0 aliphatic heterocycles. The largest absolute Gasteiger partial charge is 0.0622 e. The molecule has 0 saturated heterocycles. The molecule has 0 bridgehead atoms. The van der Waals surface area contributed by atoms with Crippen LogP contribution in [-0.4, -0.2) is 0 Å². The van der Waals surface area contributed by atoms with Crippen LogP contribution in [0.15, 0.2) is 72.8 Å². The first-order valence-corrected chi connectivity index (χ1v) is 7.72. The predicted octanol–water partition coefficient (Wildman–Crippen LogP) is 6.28. The Balaban J connectivity index is 2.03. The average Bonchev–Trinajstić information content (AvgIpc) is 2.58. The Morgan fingerprint density at radius 1 is 0.591 bits per heavy atom. The Morgan fingerprint density at radius 3 is 2.14 bits per heavy atom. The first kappa shape index (κ1) is 13.1. The van der Waals surface area contributed by atoms with Crippen LogP contribution in [0, 0.1) is 13.8 Å². The molecule has 22 heavy (non-hydrogen) atoms. The zero-order valence-corrected chi connectivity index (χ0v) is 12.9. The van der Waals surface area contributed by atoms with Crippen LogP contribution in [0.3, 0.4) is 0 Å². The van der Waals surface area contributed by atoms with Crippen molar-refractivity contribution in [3.63, 3.8) is 0 Å². The Hall–Kier alpha value is -2.60. The Morgan fingerprint density at radius 2 is 1.32 bits per heavy atom. The SMILES string of the molecule is Cc1ccc2ccc3cc(-c4ccccc4)ccc3c2c1C. The molecule has 0 heterocycles. The molecule has 0 heteroatoms. The lowest BCUT2D eigenvalue weighted by molar-refractivity contribution is 1.38. The van der Waals surface area contributed by atoms with Crippen LogP contribution in [0.5, 0.6) is 0 Å². The highest BCUT2D eigenvalue weighted by Crippen LogP contribution is 2.32. The van der Waals surface area contributed by atoms with E-state index in [2.05, 4.69) is 86.6 Å². The van der Waals surface area contributed by atoms with Crippen molar-refractivity contribution in [1.29, 1.82) is 0 Å². The third-order valence-electron chi connectivity index (χ3n) is 4.64. The molecule has 0 aliphatic rings. The molecule has 0 aromatic heterocycles. The van der Waals surface area contributed by atoms with Crippen molar-refractivity contribution < 1.29 is 0 Å². The van der Waals surface area contributed by atoms with Gasteiger partial charge in [-0.25, -0.2) is 0 Å². The molecule has 0 saturated carbocycles. The van der Waals surface area contributed by atoms with E-state index in [0.29, 0.717) is 0 Å². The van der Waals surface area contributed by atoms with Crippen molar-refractivity contribution in [2.75, 3.05) is 0 Å². The lowest BCUT2D eigenvalue weighted by Gasteiger charge is -2.11. The van der Waals surface area contributed by atoms with E-state index in [4.69, 9.17) is 0 Å². The van der Waals surface area contributed by atoms with E-state index in [1.807, 2.05) is 0 Å². The maximum absolute atomic E-state index is 2.30. The quantitative estimate of drug-likeness (QED) is 0.360. The van der Waals surface area contributed by atoms with Crippen molar-refractivity contribution in [2.24, 2.45) is 0 Å². The van der Waals surface area contributed by atoms with Gasteiger partial charge < -0.3 is 0 Å². The Labute approximate surface area is 131 Å². The number of rotatable bonds is 1. The smallest absolute Gasteiger partial charge is 0.00735 e. The normalized spacial score (nSPS) is 11.2. The minimum Gasteiger partial charge on any atom is -0.0622 e. The summed E-state index contributed by atoms with van der Waals surface area (Å²) in [5.41, 5.74) is 5.28. The van der Waals surface area contributed by atoms with Gasteiger partial charge in [-0.15, -0.1) is 0 Å². The van der Waals surface area contributed by atoms with Gasteiger partial charge in [0.15, 0.2) is 0 Å². The fourth-order valence-corrected chi connectivity index (χ4v) is 3.25. The summed E-state index contributed by atoms with van der Waals surface area (Å²) in [6.07, 6.45) is 0. The van der Waals surface area contributed by atoms with Crippen LogP contribution in [-0.2, 0) is 0 Å². The number of fused-ring (bicyclic) bond motifs is 3. The van der Waals surface area contributed by atoms with Gasteiger partial charge in [-0.1, -0.05) is 66.7 Å². The summed E-state index contributed by atoms with van der Waals surface area (Å²) in [6, 6.07) is 26.3. The maximum atomic E-state index is 2.30. The molecule has 0 fully saturated rings. The Kier molecular flexibility index (Phi) is 2.97. The van der Waals surface area contributed by atoms with Gasteiger partial charge in [-0.3, -0.25) is 0 Å². The van der Waals surface area contributed by atoms with Crippen LogP contribution in [0.2, 0.25) is 0 Å². The standard InChI is InChI=1S/C22H18/c1-15-8-9-18-10-11-20-14-19(17-6-4-3-5-7-17)12-13-21(20)22(18)16(15)2/h3-14H,1-2H3. The second kappa shape index (κ2) is 4.99. The molecule has 0 amide bonds. The zero-order chi connectivity index (χ0) is 15.1. The van der Waals surface area contributed by atoms with Crippen LogP contribution in [0.4, 0.5) is 0 Å². The molecule has 0 aliphatic carbocycles. The average molecular weight is 282 g/mol.